The number of carbonyl (C=O) groups is 1. The first kappa shape index (κ1) is 17.9. The van der Waals surface area contributed by atoms with Crippen molar-refractivity contribution >= 4 is 29.1 Å². The number of nitrogens with one attached hydrogen (secondary N) is 1. The molecule has 0 saturated carbocycles. The standard InChI is InChI=1S/C18H14ClN5O4/c19-14-7-12(15-8-17(25)22-18-20-10-21-23(15)18)4-5-16(14)28-9-11-2-1-3-13(6-11)24(26)27/h1-7,10,15H,8-9H2,(H,20,21,22,25)/t15-/m1/s1. The lowest BCUT2D eigenvalue weighted by molar-refractivity contribution is -0.384. The number of benzene rings is 2. The monoisotopic (exact) mass is 399 g/mol. The molecule has 0 saturated heterocycles. The smallest absolute Gasteiger partial charge is 0.269 e. The van der Waals surface area contributed by atoms with E-state index in [1.54, 1.807) is 28.9 Å². The van der Waals surface area contributed by atoms with Gasteiger partial charge < -0.3 is 4.74 Å². The predicted molar refractivity (Wildman–Crippen MR) is 100 cm³/mol. The van der Waals surface area contributed by atoms with Gasteiger partial charge in [-0.3, -0.25) is 20.2 Å². The third kappa shape index (κ3) is 3.52. The van der Waals surface area contributed by atoms with Crippen molar-refractivity contribution in [1.29, 1.82) is 0 Å². The number of amides is 1. The highest BCUT2D eigenvalue weighted by molar-refractivity contribution is 6.32. The number of anilines is 1. The minimum Gasteiger partial charge on any atom is -0.487 e. The maximum atomic E-state index is 11.9. The molecule has 2 aromatic carbocycles. The van der Waals surface area contributed by atoms with Crippen LogP contribution in [0.2, 0.25) is 5.02 Å². The summed E-state index contributed by atoms with van der Waals surface area (Å²) in [6, 6.07) is 11.1. The van der Waals surface area contributed by atoms with Crippen molar-refractivity contribution < 1.29 is 14.5 Å². The first-order chi connectivity index (χ1) is 13.5. The minimum absolute atomic E-state index is 0.00163. The fraction of sp³-hybridized carbons (Fsp3) is 0.167. The Labute approximate surface area is 164 Å². The molecule has 1 aliphatic rings. The van der Waals surface area contributed by atoms with Crippen LogP contribution >= 0.6 is 11.6 Å². The van der Waals surface area contributed by atoms with Crippen LogP contribution in [0.1, 0.15) is 23.6 Å². The van der Waals surface area contributed by atoms with Crippen molar-refractivity contribution in [3.8, 4) is 5.75 Å². The molecular weight excluding hydrogens is 386 g/mol. The van der Waals surface area contributed by atoms with Crippen LogP contribution in [0.25, 0.3) is 0 Å². The molecule has 4 rings (SSSR count). The molecule has 3 aromatic rings. The number of hydrogen-bond donors (Lipinski definition) is 1. The summed E-state index contributed by atoms with van der Waals surface area (Å²) in [4.78, 5) is 26.3. The van der Waals surface area contributed by atoms with Gasteiger partial charge in [-0.05, 0) is 23.3 Å². The zero-order chi connectivity index (χ0) is 19.7. The number of ether oxygens (including phenoxy) is 1. The summed E-state index contributed by atoms with van der Waals surface area (Å²) in [5.41, 5.74) is 1.46. The van der Waals surface area contributed by atoms with Gasteiger partial charge >= 0.3 is 0 Å². The Hall–Kier alpha value is -3.46. The average Bonchev–Trinajstić information content (AvgIpc) is 3.15. The molecular formula is C18H14ClN5O4. The van der Waals surface area contributed by atoms with E-state index in [2.05, 4.69) is 15.4 Å². The number of nitrogens with zero attached hydrogens (tertiary/aromatic N) is 4. The Kier molecular flexibility index (Phi) is 4.66. The fourth-order valence-corrected chi connectivity index (χ4v) is 3.27. The van der Waals surface area contributed by atoms with E-state index in [1.165, 1.54) is 18.5 Å². The van der Waals surface area contributed by atoms with Gasteiger partial charge in [0.15, 0.2) is 0 Å². The maximum Gasteiger partial charge on any atom is 0.269 e. The third-order valence-electron chi connectivity index (χ3n) is 4.35. The first-order valence-corrected chi connectivity index (χ1v) is 8.74. The average molecular weight is 400 g/mol. The van der Waals surface area contributed by atoms with Crippen molar-refractivity contribution in [2.24, 2.45) is 0 Å². The van der Waals surface area contributed by atoms with Gasteiger partial charge in [0.1, 0.15) is 18.7 Å². The van der Waals surface area contributed by atoms with Gasteiger partial charge in [-0.1, -0.05) is 29.8 Å². The Bertz CT molecular complexity index is 1070. The van der Waals surface area contributed by atoms with E-state index in [9.17, 15) is 14.9 Å². The predicted octanol–water partition coefficient (Wildman–Crippen LogP) is 3.35. The number of nitro groups is 1. The zero-order valence-corrected chi connectivity index (χ0v) is 15.2. The van der Waals surface area contributed by atoms with Crippen LogP contribution < -0.4 is 10.1 Å². The minimum atomic E-state index is -0.454. The van der Waals surface area contributed by atoms with Gasteiger partial charge in [0.2, 0.25) is 11.9 Å². The normalized spacial score (nSPS) is 15.6. The highest BCUT2D eigenvalue weighted by Crippen LogP contribution is 2.33. The van der Waals surface area contributed by atoms with Crippen molar-refractivity contribution in [3.63, 3.8) is 0 Å². The van der Waals surface area contributed by atoms with E-state index >= 15 is 0 Å². The summed E-state index contributed by atoms with van der Waals surface area (Å²) < 4.78 is 7.34. The number of fused-ring (bicyclic) bond motifs is 1. The van der Waals surface area contributed by atoms with E-state index in [1.807, 2.05) is 6.07 Å². The summed E-state index contributed by atoms with van der Waals surface area (Å²) >= 11 is 6.35. The molecule has 1 amide bonds. The second kappa shape index (κ2) is 7.28. The molecule has 0 bridgehead atoms. The summed E-state index contributed by atoms with van der Waals surface area (Å²) in [5.74, 6) is 0.687. The first-order valence-electron chi connectivity index (χ1n) is 8.36. The molecule has 0 unspecified atom stereocenters. The summed E-state index contributed by atoms with van der Waals surface area (Å²) in [7, 11) is 0. The topological polar surface area (TPSA) is 112 Å². The van der Waals surface area contributed by atoms with E-state index in [-0.39, 0.29) is 30.7 Å². The summed E-state index contributed by atoms with van der Waals surface area (Å²) in [5, 5.41) is 18.1. The number of aromatic nitrogens is 3. The molecule has 10 heteroatoms. The lowest BCUT2D eigenvalue weighted by Gasteiger charge is -2.24. The lowest BCUT2D eigenvalue weighted by Crippen LogP contribution is -2.29. The Morgan fingerprint density at radius 2 is 2.18 bits per heavy atom. The number of nitro benzene ring substituents is 1. The molecule has 142 valence electrons. The second-order valence-corrected chi connectivity index (χ2v) is 6.61. The lowest BCUT2D eigenvalue weighted by atomic mass is 10.0. The van der Waals surface area contributed by atoms with Crippen LogP contribution in [-0.4, -0.2) is 25.6 Å². The molecule has 1 aromatic heterocycles. The molecule has 1 atom stereocenters. The van der Waals surface area contributed by atoms with Gasteiger partial charge in [0.05, 0.1) is 22.4 Å². The Morgan fingerprint density at radius 3 is 2.96 bits per heavy atom. The number of carbonyl (C=O) groups excluding carboxylic acids is 1. The van der Waals surface area contributed by atoms with Crippen molar-refractivity contribution in [3.05, 3.63) is 75.1 Å². The quantitative estimate of drug-likeness (QED) is 0.520. The highest BCUT2D eigenvalue weighted by atomic mass is 35.5. The number of non-ortho nitro benzene ring substituents is 1. The largest absolute Gasteiger partial charge is 0.487 e. The van der Waals surface area contributed by atoms with Crippen LogP contribution in [-0.2, 0) is 11.4 Å². The molecule has 1 N–H and O–H groups in total. The van der Waals surface area contributed by atoms with Crippen molar-refractivity contribution in [2.45, 2.75) is 19.1 Å². The second-order valence-electron chi connectivity index (χ2n) is 6.20. The van der Waals surface area contributed by atoms with Crippen LogP contribution in [0.4, 0.5) is 11.6 Å². The van der Waals surface area contributed by atoms with E-state index < -0.39 is 4.92 Å². The molecule has 2 heterocycles. The SMILES string of the molecule is O=C1C[C@H](c2ccc(OCc3cccc([N+](=O)[O-])c3)c(Cl)c2)n2ncnc2N1. The molecule has 1 aliphatic heterocycles. The van der Waals surface area contributed by atoms with Crippen LogP contribution in [0, 0.1) is 10.1 Å². The molecule has 0 fully saturated rings. The summed E-state index contributed by atoms with van der Waals surface area (Å²) in [6.45, 7) is 0.139. The van der Waals surface area contributed by atoms with Gasteiger partial charge in [-0.15, -0.1) is 0 Å². The third-order valence-corrected chi connectivity index (χ3v) is 4.65. The molecule has 0 aliphatic carbocycles. The number of rotatable bonds is 5. The molecule has 0 radical (unpaired) electrons. The van der Waals surface area contributed by atoms with E-state index in [4.69, 9.17) is 16.3 Å². The number of hydrogen-bond acceptors (Lipinski definition) is 6. The maximum absolute atomic E-state index is 11.9. The van der Waals surface area contributed by atoms with Gasteiger partial charge in [0, 0.05) is 12.1 Å². The zero-order valence-electron chi connectivity index (χ0n) is 14.4. The highest BCUT2D eigenvalue weighted by Gasteiger charge is 2.28. The van der Waals surface area contributed by atoms with Crippen molar-refractivity contribution in [2.75, 3.05) is 5.32 Å². The van der Waals surface area contributed by atoms with Crippen molar-refractivity contribution in [1.82, 2.24) is 14.8 Å². The van der Waals surface area contributed by atoms with E-state index in [0.717, 1.165) is 5.56 Å². The van der Waals surface area contributed by atoms with Gasteiger partial charge in [-0.25, -0.2) is 4.68 Å². The van der Waals surface area contributed by atoms with E-state index in [0.29, 0.717) is 22.3 Å². The fourth-order valence-electron chi connectivity index (χ4n) is 3.03. The summed E-state index contributed by atoms with van der Waals surface area (Å²) in [6.07, 6.45) is 1.60. The van der Waals surface area contributed by atoms with Crippen LogP contribution in [0.5, 0.6) is 5.75 Å². The number of halogens is 1. The molecule has 9 nitrogen and oxygen atoms in total. The Morgan fingerprint density at radius 1 is 1.32 bits per heavy atom. The van der Waals surface area contributed by atoms with Gasteiger partial charge in [0.25, 0.3) is 5.69 Å². The molecule has 0 spiro atoms. The van der Waals surface area contributed by atoms with Crippen LogP contribution in [0.3, 0.4) is 0 Å². The van der Waals surface area contributed by atoms with Crippen LogP contribution in [0.15, 0.2) is 48.8 Å². The molecule has 28 heavy (non-hydrogen) atoms. The Balaban J connectivity index is 1.52. The van der Waals surface area contributed by atoms with Gasteiger partial charge in [-0.2, -0.15) is 10.1 Å².